The molecule has 178 valence electrons. The standard InChI is InChI=1S/C25H29N5O4/c1-34-15-22(31)28-21-13-19(25(33)29-10-5-8-18(14-29)24(26)32)12-20-23(21)30(16-27-20)11-9-17-6-3-2-4-7-17/h2-4,6-7,12-13,16,18H,5,8-11,14-15H2,1H3,(H2,26,32)(H,28,31)/t18-/m1/s1. The second-order valence-electron chi connectivity index (χ2n) is 8.54. The number of hydrogen-bond donors (Lipinski definition) is 2. The molecule has 0 unspecified atom stereocenters. The molecule has 3 amide bonds. The summed E-state index contributed by atoms with van der Waals surface area (Å²) >= 11 is 0. The quantitative estimate of drug-likeness (QED) is 0.531. The Morgan fingerprint density at radius 3 is 2.74 bits per heavy atom. The summed E-state index contributed by atoms with van der Waals surface area (Å²) < 4.78 is 6.93. The van der Waals surface area contributed by atoms with Gasteiger partial charge in [-0.3, -0.25) is 14.4 Å². The van der Waals surface area contributed by atoms with Crippen LogP contribution >= 0.6 is 0 Å². The summed E-state index contributed by atoms with van der Waals surface area (Å²) in [5.74, 6) is -1.28. The number of carbonyl (C=O) groups excluding carboxylic acids is 3. The summed E-state index contributed by atoms with van der Waals surface area (Å²) in [6.07, 6.45) is 3.91. The number of rotatable bonds is 8. The molecule has 1 aliphatic rings. The fraction of sp³-hybridized carbons (Fsp3) is 0.360. The highest BCUT2D eigenvalue weighted by molar-refractivity contribution is 6.05. The molecule has 34 heavy (non-hydrogen) atoms. The molecule has 1 saturated heterocycles. The van der Waals surface area contributed by atoms with Crippen molar-refractivity contribution < 1.29 is 19.1 Å². The number of aryl methyl sites for hydroxylation is 2. The number of amides is 3. The number of primary amides is 1. The molecule has 0 radical (unpaired) electrons. The molecule has 9 nitrogen and oxygen atoms in total. The second-order valence-corrected chi connectivity index (χ2v) is 8.54. The zero-order valence-corrected chi connectivity index (χ0v) is 19.2. The van der Waals surface area contributed by atoms with Crippen LogP contribution in [-0.2, 0) is 27.3 Å². The van der Waals surface area contributed by atoms with Gasteiger partial charge in [-0.15, -0.1) is 0 Å². The number of imidazole rings is 1. The number of methoxy groups -OCH3 is 1. The molecule has 3 N–H and O–H groups in total. The highest BCUT2D eigenvalue weighted by Crippen LogP contribution is 2.28. The van der Waals surface area contributed by atoms with E-state index in [2.05, 4.69) is 22.4 Å². The number of carbonyl (C=O) groups is 3. The lowest BCUT2D eigenvalue weighted by molar-refractivity contribution is -0.123. The molecule has 2 heterocycles. The number of fused-ring (bicyclic) bond motifs is 1. The van der Waals surface area contributed by atoms with Gasteiger partial charge in [0.05, 0.1) is 29.0 Å². The number of likely N-dealkylation sites (tertiary alicyclic amines) is 1. The topological polar surface area (TPSA) is 120 Å². The molecule has 0 bridgehead atoms. The van der Waals surface area contributed by atoms with Gasteiger partial charge in [0, 0.05) is 32.3 Å². The molecule has 0 spiro atoms. The summed E-state index contributed by atoms with van der Waals surface area (Å²) in [6, 6.07) is 13.5. The van der Waals surface area contributed by atoms with Crippen LogP contribution in [0.5, 0.6) is 0 Å². The number of nitrogens with two attached hydrogens (primary N) is 1. The Kier molecular flexibility index (Phi) is 7.22. The molecular weight excluding hydrogens is 434 g/mol. The van der Waals surface area contributed by atoms with E-state index in [9.17, 15) is 14.4 Å². The van der Waals surface area contributed by atoms with Gasteiger partial charge in [0.25, 0.3) is 5.91 Å². The Labute approximate surface area is 197 Å². The highest BCUT2D eigenvalue weighted by atomic mass is 16.5. The average molecular weight is 464 g/mol. The number of hydrogen-bond acceptors (Lipinski definition) is 5. The number of benzene rings is 2. The van der Waals surface area contributed by atoms with Gasteiger partial charge in [-0.05, 0) is 37.0 Å². The van der Waals surface area contributed by atoms with Crippen molar-refractivity contribution in [3.8, 4) is 0 Å². The van der Waals surface area contributed by atoms with Gasteiger partial charge in [-0.25, -0.2) is 4.98 Å². The zero-order valence-electron chi connectivity index (χ0n) is 19.2. The van der Waals surface area contributed by atoms with E-state index in [4.69, 9.17) is 10.5 Å². The number of nitrogens with zero attached hydrogens (tertiary/aromatic N) is 3. The Morgan fingerprint density at radius 2 is 2.00 bits per heavy atom. The molecule has 1 fully saturated rings. The summed E-state index contributed by atoms with van der Waals surface area (Å²) in [7, 11) is 1.45. The Hall–Kier alpha value is -3.72. The molecule has 3 aromatic rings. The first-order valence-corrected chi connectivity index (χ1v) is 11.4. The third kappa shape index (κ3) is 5.26. The predicted octanol–water partition coefficient (Wildman–Crippen LogP) is 2.20. The molecule has 0 saturated carbocycles. The normalized spacial score (nSPS) is 15.9. The van der Waals surface area contributed by atoms with Crippen LogP contribution in [0.15, 0.2) is 48.8 Å². The van der Waals surface area contributed by atoms with E-state index in [0.717, 1.165) is 11.9 Å². The van der Waals surface area contributed by atoms with Crippen molar-refractivity contribution in [1.29, 1.82) is 0 Å². The molecule has 1 atom stereocenters. The van der Waals surface area contributed by atoms with Crippen molar-refractivity contribution in [2.75, 3.05) is 32.1 Å². The molecule has 4 rings (SSSR count). The van der Waals surface area contributed by atoms with Crippen LogP contribution in [0.1, 0.15) is 28.8 Å². The van der Waals surface area contributed by atoms with Gasteiger partial charge < -0.3 is 25.3 Å². The maximum atomic E-state index is 13.3. The minimum Gasteiger partial charge on any atom is -0.375 e. The number of piperidine rings is 1. The van der Waals surface area contributed by atoms with Crippen molar-refractivity contribution >= 4 is 34.4 Å². The first-order chi connectivity index (χ1) is 16.5. The van der Waals surface area contributed by atoms with Crippen molar-refractivity contribution in [2.24, 2.45) is 11.7 Å². The molecule has 9 heteroatoms. The van der Waals surface area contributed by atoms with E-state index in [-0.39, 0.29) is 24.3 Å². The largest absolute Gasteiger partial charge is 0.375 e. The second kappa shape index (κ2) is 10.5. The molecule has 0 aliphatic carbocycles. The fourth-order valence-corrected chi connectivity index (χ4v) is 4.39. The van der Waals surface area contributed by atoms with Crippen molar-refractivity contribution in [1.82, 2.24) is 14.5 Å². The lowest BCUT2D eigenvalue weighted by Crippen LogP contribution is -2.44. The van der Waals surface area contributed by atoms with Crippen LogP contribution in [0.25, 0.3) is 11.0 Å². The van der Waals surface area contributed by atoms with E-state index in [1.165, 1.54) is 12.7 Å². The van der Waals surface area contributed by atoms with E-state index >= 15 is 0 Å². The van der Waals surface area contributed by atoms with Crippen molar-refractivity contribution in [3.63, 3.8) is 0 Å². The zero-order chi connectivity index (χ0) is 24.1. The summed E-state index contributed by atoms with van der Waals surface area (Å²) in [6.45, 7) is 1.40. The predicted molar refractivity (Wildman–Crippen MR) is 128 cm³/mol. The maximum Gasteiger partial charge on any atom is 0.254 e. The Bertz CT molecular complexity index is 1190. The smallest absolute Gasteiger partial charge is 0.254 e. The van der Waals surface area contributed by atoms with E-state index < -0.39 is 5.91 Å². The summed E-state index contributed by atoms with van der Waals surface area (Å²) in [5.41, 5.74) is 8.91. The van der Waals surface area contributed by atoms with E-state index in [1.54, 1.807) is 23.4 Å². The summed E-state index contributed by atoms with van der Waals surface area (Å²) in [4.78, 5) is 43.5. The average Bonchev–Trinajstić information content (AvgIpc) is 3.26. The third-order valence-electron chi connectivity index (χ3n) is 6.10. The highest BCUT2D eigenvalue weighted by Gasteiger charge is 2.28. The van der Waals surface area contributed by atoms with E-state index in [0.29, 0.717) is 49.2 Å². The van der Waals surface area contributed by atoms with Crippen molar-refractivity contribution in [2.45, 2.75) is 25.8 Å². The number of aromatic nitrogens is 2. The van der Waals surface area contributed by atoms with Crippen LogP contribution in [0, 0.1) is 5.92 Å². The van der Waals surface area contributed by atoms with Gasteiger partial charge in [-0.2, -0.15) is 0 Å². The Morgan fingerprint density at radius 1 is 1.21 bits per heavy atom. The van der Waals surface area contributed by atoms with Gasteiger partial charge in [0.15, 0.2) is 0 Å². The minimum absolute atomic E-state index is 0.107. The monoisotopic (exact) mass is 463 g/mol. The van der Waals surface area contributed by atoms with Crippen LogP contribution in [-0.4, -0.2) is 59.0 Å². The van der Waals surface area contributed by atoms with Gasteiger partial charge in [-0.1, -0.05) is 30.3 Å². The number of nitrogens with one attached hydrogen (secondary N) is 1. The molecule has 1 aliphatic heterocycles. The first kappa shape index (κ1) is 23.4. The third-order valence-corrected chi connectivity index (χ3v) is 6.10. The lowest BCUT2D eigenvalue weighted by Gasteiger charge is -2.31. The van der Waals surface area contributed by atoms with Gasteiger partial charge >= 0.3 is 0 Å². The number of ether oxygens (including phenoxy) is 1. The summed E-state index contributed by atoms with van der Waals surface area (Å²) in [5, 5.41) is 2.87. The van der Waals surface area contributed by atoms with E-state index in [1.807, 2.05) is 22.8 Å². The molecule has 2 aromatic carbocycles. The van der Waals surface area contributed by atoms with Crippen LogP contribution in [0.4, 0.5) is 5.69 Å². The fourth-order valence-electron chi connectivity index (χ4n) is 4.39. The van der Waals surface area contributed by atoms with Crippen LogP contribution in [0.3, 0.4) is 0 Å². The molecule has 1 aromatic heterocycles. The molecular formula is C25H29N5O4. The first-order valence-electron chi connectivity index (χ1n) is 11.4. The number of anilines is 1. The maximum absolute atomic E-state index is 13.3. The van der Waals surface area contributed by atoms with Crippen LogP contribution in [0.2, 0.25) is 0 Å². The van der Waals surface area contributed by atoms with Gasteiger partial charge in [0.2, 0.25) is 11.8 Å². The van der Waals surface area contributed by atoms with Crippen LogP contribution < -0.4 is 11.1 Å². The van der Waals surface area contributed by atoms with Gasteiger partial charge in [0.1, 0.15) is 6.61 Å². The van der Waals surface area contributed by atoms with Crippen molar-refractivity contribution in [3.05, 3.63) is 59.9 Å². The Balaban J connectivity index is 1.65. The lowest BCUT2D eigenvalue weighted by atomic mass is 9.96. The SMILES string of the molecule is COCC(=O)Nc1cc(C(=O)N2CCC[C@@H](C(N)=O)C2)cc2ncn(CCc3ccccc3)c12. The minimum atomic E-state index is -0.391.